The summed E-state index contributed by atoms with van der Waals surface area (Å²) in [6.45, 7) is 4.81. The van der Waals surface area contributed by atoms with Gasteiger partial charge in [0.1, 0.15) is 13.2 Å². The van der Waals surface area contributed by atoms with Crippen molar-refractivity contribution in [1.82, 2.24) is 5.32 Å². The van der Waals surface area contributed by atoms with Crippen LogP contribution in [0.2, 0.25) is 0 Å². The van der Waals surface area contributed by atoms with E-state index in [1.165, 1.54) is 205 Å². The van der Waals surface area contributed by atoms with E-state index in [0.29, 0.717) is 17.4 Å². The number of amides is 1. The molecule has 0 aliphatic rings. The molecular formula is C60H116N2O6P+. The number of aliphatic hydroxyl groups excluding tert-OH is 1. The Hall–Kier alpha value is -1.54. The molecule has 3 unspecified atom stereocenters. The lowest BCUT2D eigenvalue weighted by atomic mass is 10.0. The molecule has 0 radical (unpaired) electrons. The number of rotatable bonds is 54. The number of phosphoric acid groups is 1. The minimum absolute atomic E-state index is 0.0623. The summed E-state index contributed by atoms with van der Waals surface area (Å²) in [7, 11) is 1.58. The van der Waals surface area contributed by atoms with Crippen molar-refractivity contribution in [2.24, 2.45) is 0 Å². The van der Waals surface area contributed by atoms with Crippen LogP contribution in [0.1, 0.15) is 277 Å². The molecule has 8 nitrogen and oxygen atoms in total. The van der Waals surface area contributed by atoms with Crippen LogP contribution in [0.5, 0.6) is 0 Å². The van der Waals surface area contributed by atoms with Gasteiger partial charge in [-0.15, -0.1) is 0 Å². The Labute approximate surface area is 429 Å². The van der Waals surface area contributed by atoms with Crippen LogP contribution in [0.4, 0.5) is 0 Å². The van der Waals surface area contributed by atoms with Gasteiger partial charge in [-0.3, -0.25) is 13.8 Å². The number of quaternary nitrogens is 1. The van der Waals surface area contributed by atoms with E-state index in [2.05, 4.69) is 55.6 Å². The Morgan fingerprint density at radius 1 is 0.493 bits per heavy atom. The number of likely N-dealkylation sites (N-methyl/N-ethyl adjacent to an activating group) is 1. The van der Waals surface area contributed by atoms with Gasteiger partial charge in [0.05, 0.1) is 39.9 Å². The van der Waals surface area contributed by atoms with Gasteiger partial charge in [0, 0.05) is 6.42 Å². The van der Waals surface area contributed by atoms with Gasteiger partial charge in [0.2, 0.25) is 5.91 Å². The summed E-state index contributed by atoms with van der Waals surface area (Å²) in [6, 6.07) is -0.844. The number of unbranched alkanes of at least 4 members (excludes halogenated alkanes) is 35. The molecule has 0 aliphatic carbocycles. The van der Waals surface area contributed by atoms with E-state index in [0.717, 1.165) is 51.4 Å². The summed E-state index contributed by atoms with van der Waals surface area (Å²) in [4.78, 5) is 23.2. The lowest BCUT2D eigenvalue weighted by Crippen LogP contribution is -2.45. The first kappa shape index (κ1) is 67.5. The molecule has 3 N–H and O–H groups in total. The number of hydrogen-bond donors (Lipinski definition) is 3. The average Bonchev–Trinajstić information content (AvgIpc) is 3.31. The van der Waals surface area contributed by atoms with E-state index in [9.17, 15) is 19.4 Å². The molecule has 406 valence electrons. The molecule has 0 fully saturated rings. The van der Waals surface area contributed by atoms with Crippen LogP contribution >= 0.6 is 7.82 Å². The minimum atomic E-state index is -4.34. The molecule has 0 heterocycles. The first-order valence-electron chi connectivity index (χ1n) is 29.5. The van der Waals surface area contributed by atoms with Gasteiger partial charge in [-0.1, -0.05) is 262 Å². The number of nitrogens with zero attached hydrogens (tertiary/aromatic N) is 1. The quantitative estimate of drug-likeness (QED) is 0.0243. The van der Waals surface area contributed by atoms with Gasteiger partial charge in [0.15, 0.2) is 0 Å². The van der Waals surface area contributed by atoms with Crippen molar-refractivity contribution in [2.45, 2.75) is 289 Å². The minimum Gasteiger partial charge on any atom is -0.387 e. The highest BCUT2D eigenvalue weighted by Gasteiger charge is 2.27. The number of phosphoric ester groups is 1. The zero-order valence-electron chi connectivity index (χ0n) is 46.3. The highest BCUT2D eigenvalue weighted by atomic mass is 31.2. The highest BCUT2D eigenvalue weighted by Crippen LogP contribution is 2.43. The molecule has 0 aromatic heterocycles. The van der Waals surface area contributed by atoms with Crippen molar-refractivity contribution >= 4 is 13.7 Å². The topological polar surface area (TPSA) is 105 Å². The number of hydrogen-bond acceptors (Lipinski definition) is 5. The third kappa shape index (κ3) is 54.1. The number of allylic oxidation sites excluding steroid dienone is 7. The fraction of sp³-hybridized carbons (Fsp3) is 0.850. The summed E-state index contributed by atoms with van der Waals surface area (Å²) in [5.74, 6) is -0.175. The van der Waals surface area contributed by atoms with E-state index < -0.39 is 20.0 Å². The molecule has 0 saturated carbocycles. The van der Waals surface area contributed by atoms with Crippen molar-refractivity contribution in [2.75, 3.05) is 40.9 Å². The molecule has 0 saturated heterocycles. The van der Waals surface area contributed by atoms with Crippen LogP contribution in [-0.4, -0.2) is 73.4 Å². The molecule has 69 heavy (non-hydrogen) atoms. The maximum atomic E-state index is 12.9. The van der Waals surface area contributed by atoms with Gasteiger partial charge in [0.25, 0.3) is 0 Å². The molecule has 0 bridgehead atoms. The standard InChI is InChI=1S/C60H115N2O6P/c1-6-8-10-12-14-16-18-20-21-22-23-24-25-26-27-28-29-30-31-32-33-34-35-36-37-38-39-40-41-42-44-46-48-50-52-54-60(64)61-58(57-68-69(65,66)67-56-55-62(3,4)5)59(63)53-51-49-47-45-43-19-17-15-13-11-9-7-2/h18,20,22-23,25-26,51,53,58-59,63H,6-17,19,21,24,27-50,52,54-57H2,1-5H3,(H-,61,64,65,66)/p+1/b20-18-,23-22-,26-25-,53-51+. The van der Waals surface area contributed by atoms with E-state index in [4.69, 9.17) is 9.05 Å². The zero-order valence-corrected chi connectivity index (χ0v) is 47.2. The number of carbonyl (C=O) groups excluding carboxylic acids is 1. The summed E-state index contributed by atoms with van der Waals surface area (Å²) in [5.41, 5.74) is 0. The third-order valence-electron chi connectivity index (χ3n) is 13.3. The van der Waals surface area contributed by atoms with Crippen LogP contribution in [-0.2, 0) is 18.4 Å². The maximum absolute atomic E-state index is 12.9. The fourth-order valence-corrected chi connectivity index (χ4v) is 9.37. The van der Waals surface area contributed by atoms with Crippen molar-refractivity contribution < 1.29 is 32.9 Å². The summed E-state index contributed by atoms with van der Waals surface area (Å²) in [6.07, 6.45) is 68.0. The number of carbonyl (C=O) groups is 1. The molecule has 0 spiro atoms. The van der Waals surface area contributed by atoms with E-state index in [-0.39, 0.29) is 19.1 Å². The molecule has 0 rings (SSSR count). The number of aliphatic hydroxyl groups is 1. The Balaban J connectivity index is 3.95. The van der Waals surface area contributed by atoms with E-state index >= 15 is 0 Å². The predicted octanol–water partition coefficient (Wildman–Crippen LogP) is 17.9. The Morgan fingerprint density at radius 3 is 1.20 bits per heavy atom. The highest BCUT2D eigenvalue weighted by molar-refractivity contribution is 7.47. The second kappa shape index (κ2) is 51.4. The van der Waals surface area contributed by atoms with Gasteiger partial charge in [-0.2, -0.15) is 0 Å². The lowest BCUT2D eigenvalue weighted by Gasteiger charge is -2.25. The van der Waals surface area contributed by atoms with Gasteiger partial charge < -0.3 is 19.8 Å². The summed E-state index contributed by atoms with van der Waals surface area (Å²) in [5, 5.41) is 13.9. The largest absolute Gasteiger partial charge is 0.472 e. The van der Waals surface area contributed by atoms with Crippen molar-refractivity contribution in [3.05, 3.63) is 48.6 Å². The van der Waals surface area contributed by atoms with Gasteiger partial charge >= 0.3 is 7.82 Å². The lowest BCUT2D eigenvalue weighted by molar-refractivity contribution is -0.870. The van der Waals surface area contributed by atoms with Gasteiger partial charge in [-0.25, -0.2) is 4.57 Å². The molecule has 3 atom stereocenters. The normalized spacial score (nSPS) is 14.2. The molecule has 0 aliphatic heterocycles. The maximum Gasteiger partial charge on any atom is 0.472 e. The molecular weight excluding hydrogens is 876 g/mol. The Kier molecular flexibility index (Phi) is 50.2. The molecule has 0 aromatic rings. The van der Waals surface area contributed by atoms with Crippen molar-refractivity contribution in [3.8, 4) is 0 Å². The van der Waals surface area contributed by atoms with Crippen molar-refractivity contribution in [3.63, 3.8) is 0 Å². The Morgan fingerprint density at radius 2 is 0.826 bits per heavy atom. The number of nitrogens with one attached hydrogen (secondary N) is 1. The van der Waals surface area contributed by atoms with Crippen LogP contribution in [0.25, 0.3) is 0 Å². The molecule has 0 aromatic carbocycles. The van der Waals surface area contributed by atoms with Gasteiger partial charge in [-0.05, 0) is 57.8 Å². The Bertz CT molecular complexity index is 1260. The van der Waals surface area contributed by atoms with Crippen LogP contribution in [0.3, 0.4) is 0 Å². The fourth-order valence-electron chi connectivity index (χ4n) is 8.64. The first-order valence-corrected chi connectivity index (χ1v) is 31.0. The van der Waals surface area contributed by atoms with Crippen molar-refractivity contribution in [1.29, 1.82) is 0 Å². The third-order valence-corrected chi connectivity index (χ3v) is 14.3. The van der Waals surface area contributed by atoms with Crippen LogP contribution < -0.4 is 5.32 Å². The summed E-state index contributed by atoms with van der Waals surface area (Å²) >= 11 is 0. The van der Waals surface area contributed by atoms with E-state index in [1.807, 2.05) is 27.2 Å². The van der Waals surface area contributed by atoms with E-state index in [1.54, 1.807) is 6.08 Å². The summed E-state index contributed by atoms with van der Waals surface area (Å²) < 4.78 is 23.6. The average molecular weight is 993 g/mol. The molecule has 9 heteroatoms. The first-order chi connectivity index (χ1) is 33.5. The van der Waals surface area contributed by atoms with Crippen LogP contribution in [0, 0.1) is 0 Å². The monoisotopic (exact) mass is 992 g/mol. The zero-order chi connectivity index (χ0) is 50.6. The smallest absolute Gasteiger partial charge is 0.387 e. The second-order valence-electron chi connectivity index (χ2n) is 21.4. The molecule has 1 amide bonds. The SMILES string of the molecule is CCCCCCC/C=C\C/C=C\C/C=C\CCCCCCCCCCCCCCCCCCCCCCC(=O)NC(COP(=O)(O)OCC[N+](C)(C)C)C(O)/C=C/CCCCCCCCCCCC. The predicted molar refractivity (Wildman–Crippen MR) is 300 cm³/mol. The van der Waals surface area contributed by atoms with Crippen LogP contribution in [0.15, 0.2) is 48.6 Å². The second-order valence-corrected chi connectivity index (χ2v) is 22.8.